The van der Waals surface area contributed by atoms with Crippen molar-refractivity contribution in [2.75, 3.05) is 19.0 Å². The van der Waals surface area contributed by atoms with Crippen LogP contribution >= 0.6 is 11.6 Å². The summed E-state index contributed by atoms with van der Waals surface area (Å²) in [6.07, 6.45) is 0.176. The highest BCUT2D eigenvalue weighted by atomic mass is 35.5. The number of halogens is 1. The van der Waals surface area contributed by atoms with Crippen molar-refractivity contribution in [3.8, 4) is 0 Å². The van der Waals surface area contributed by atoms with Gasteiger partial charge in [0.2, 0.25) is 5.91 Å². The fourth-order valence-electron chi connectivity index (χ4n) is 3.19. The number of rotatable bonds is 6. The van der Waals surface area contributed by atoms with Gasteiger partial charge in [0.15, 0.2) is 0 Å². The fraction of sp³-hybridized carbons (Fsp3) is 0.286. The Morgan fingerprint density at radius 2 is 1.93 bits per heavy atom. The molecular weight excluding hydrogens is 378 g/mol. The summed E-state index contributed by atoms with van der Waals surface area (Å²) >= 11 is 6.37. The molecule has 2 aromatic carbocycles. The normalized spacial score (nSPS) is 16.0. The molecule has 0 saturated carbocycles. The Balaban J connectivity index is 1.95. The summed E-state index contributed by atoms with van der Waals surface area (Å²) in [5.74, 6) is -1.34. The van der Waals surface area contributed by atoms with Crippen LogP contribution in [0, 0.1) is 0 Å². The first kappa shape index (κ1) is 19.9. The van der Waals surface area contributed by atoms with Gasteiger partial charge in [-0.25, -0.2) is 5.01 Å². The van der Waals surface area contributed by atoms with Crippen LogP contribution in [0.4, 0.5) is 5.69 Å². The maximum Gasteiger partial charge on any atom is 0.303 e. The van der Waals surface area contributed by atoms with E-state index >= 15 is 0 Å². The topological polar surface area (TPSA) is 73.2 Å². The van der Waals surface area contributed by atoms with Crippen molar-refractivity contribution in [1.82, 2.24) is 5.01 Å². The predicted molar refractivity (Wildman–Crippen MR) is 110 cm³/mol. The standard InChI is InChI=1S/C21H22ClN3O3/c1-24(2)15-7-5-6-14(12-15)18-13-19(16-8-3-4-9-17(16)22)25(23-18)20(26)10-11-21(27)28/h3-9,12,19H,10-11,13H2,1-2H3,(H,27,28)/t19-/m0/s1. The summed E-state index contributed by atoms with van der Waals surface area (Å²) in [6.45, 7) is 0. The number of nitrogens with zero attached hydrogens (tertiary/aromatic N) is 3. The van der Waals surface area contributed by atoms with Crippen molar-refractivity contribution in [3.05, 3.63) is 64.7 Å². The lowest BCUT2D eigenvalue weighted by molar-refractivity contribution is -0.141. The molecule has 1 heterocycles. The molecule has 0 aromatic heterocycles. The van der Waals surface area contributed by atoms with Crippen LogP contribution in [0.25, 0.3) is 0 Å². The molecule has 1 aliphatic rings. The first-order valence-corrected chi connectivity index (χ1v) is 9.38. The van der Waals surface area contributed by atoms with Crippen molar-refractivity contribution in [2.24, 2.45) is 5.10 Å². The van der Waals surface area contributed by atoms with Gasteiger partial charge in [0, 0.05) is 37.6 Å². The minimum atomic E-state index is -1.01. The lowest BCUT2D eigenvalue weighted by Crippen LogP contribution is -2.27. The number of aliphatic carboxylic acids is 1. The number of benzene rings is 2. The zero-order chi connectivity index (χ0) is 20.3. The minimum absolute atomic E-state index is 0.106. The van der Waals surface area contributed by atoms with Crippen molar-refractivity contribution < 1.29 is 14.7 Å². The summed E-state index contributed by atoms with van der Waals surface area (Å²) in [5, 5.41) is 15.4. The van der Waals surface area contributed by atoms with E-state index in [0.29, 0.717) is 11.4 Å². The predicted octanol–water partition coefficient (Wildman–Crippen LogP) is 3.95. The van der Waals surface area contributed by atoms with Gasteiger partial charge >= 0.3 is 5.97 Å². The maximum absolute atomic E-state index is 12.7. The van der Waals surface area contributed by atoms with E-state index in [0.717, 1.165) is 22.5 Å². The van der Waals surface area contributed by atoms with Crippen LogP contribution in [0.5, 0.6) is 0 Å². The van der Waals surface area contributed by atoms with E-state index in [2.05, 4.69) is 5.10 Å². The van der Waals surface area contributed by atoms with Crippen LogP contribution in [-0.2, 0) is 9.59 Å². The minimum Gasteiger partial charge on any atom is -0.481 e. The summed E-state index contributed by atoms with van der Waals surface area (Å²) < 4.78 is 0. The SMILES string of the molecule is CN(C)c1cccc(C2=NN(C(=O)CCC(=O)O)[C@H](c3ccccc3Cl)C2)c1. The molecule has 1 aliphatic heterocycles. The lowest BCUT2D eigenvalue weighted by Gasteiger charge is -2.22. The average Bonchev–Trinajstić information content (AvgIpc) is 3.12. The van der Waals surface area contributed by atoms with E-state index in [1.807, 2.05) is 61.5 Å². The van der Waals surface area contributed by atoms with E-state index in [4.69, 9.17) is 16.7 Å². The zero-order valence-corrected chi connectivity index (χ0v) is 16.6. The second kappa shape index (κ2) is 8.44. The maximum atomic E-state index is 12.7. The zero-order valence-electron chi connectivity index (χ0n) is 15.8. The first-order valence-electron chi connectivity index (χ1n) is 9.00. The Morgan fingerprint density at radius 3 is 2.61 bits per heavy atom. The third-order valence-electron chi connectivity index (χ3n) is 4.68. The molecule has 1 amide bonds. The molecular formula is C21H22ClN3O3. The highest BCUT2D eigenvalue weighted by Crippen LogP contribution is 2.37. The number of carboxylic acids is 1. The number of hydrogen-bond acceptors (Lipinski definition) is 4. The summed E-state index contributed by atoms with van der Waals surface area (Å²) in [7, 11) is 3.92. The van der Waals surface area contributed by atoms with Gasteiger partial charge in [0.25, 0.3) is 0 Å². The molecule has 6 nitrogen and oxygen atoms in total. The van der Waals surface area contributed by atoms with Gasteiger partial charge in [-0.15, -0.1) is 0 Å². The Labute approximate surface area is 169 Å². The third-order valence-corrected chi connectivity index (χ3v) is 5.02. The van der Waals surface area contributed by atoms with Gasteiger partial charge in [-0.05, 0) is 29.3 Å². The second-order valence-corrected chi connectivity index (χ2v) is 7.27. The molecule has 7 heteroatoms. The third kappa shape index (κ3) is 4.34. The molecule has 1 N–H and O–H groups in total. The fourth-order valence-corrected chi connectivity index (χ4v) is 3.46. The van der Waals surface area contributed by atoms with E-state index in [1.54, 1.807) is 6.07 Å². The summed E-state index contributed by atoms with van der Waals surface area (Å²) in [6, 6.07) is 14.9. The molecule has 28 heavy (non-hydrogen) atoms. The first-order chi connectivity index (χ1) is 13.4. The molecule has 2 aromatic rings. The molecule has 3 rings (SSSR count). The van der Waals surface area contributed by atoms with E-state index in [-0.39, 0.29) is 24.8 Å². The van der Waals surface area contributed by atoms with Crippen LogP contribution in [0.15, 0.2) is 53.6 Å². The smallest absolute Gasteiger partial charge is 0.303 e. The van der Waals surface area contributed by atoms with Crippen LogP contribution in [-0.4, -0.2) is 41.8 Å². The van der Waals surface area contributed by atoms with Gasteiger partial charge in [-0.2, -0.15) is 5.10 Å². The lowest BCUT2D eigenvalue weighted by atomic mass is 9.98. The Kier molecular flexibility index (Phi) is 5.99. The highest BCUT2D eigenvalue weighted by molar-refractivity contribution is 6.31. The van der Waals surface area contributed by atoms with E-state index in [1.165, 1.54) is 5.01 Å². The van der Waals surface area contributed by atoms with Crippen molar-refractivity contribution in [2.45, 2.75) is 25.3 Å². The molecule has 0 aliphatic carbocycles. The highest BCUT2D eigenvalue weighted by Gasteiger charge is 2.34. The quantitative estimate of drug-likeness (QED) is 0.798. The largest absolute Gasteiger partial charge is 0.481 e. The molecule has 0 fully saturated rings. The Hall–Kier alpha value is -2.86. The Morgan fingerprint density at radius 1 is 1.18 bits per heavy atom. The van der Waals surface area contributed by atoms with Gasteiger partial charge in [0.1, 0.15) is 0 Å². The van der Waals surface area contributed by atoms with Gasteiger partial charge < -0.3 is 10.0 Å². The number of carbonyl (C=O) groups is 2. The number of anilines is 1. The molecule has 1 atom stereocenters. The molecule has 0 spiro atoms. The molecule has 0 saturated heterocycles. The number of carbonyl (C=O) groups excluding carboxylic acids is 1. The van der Waals surface area contributed by atoms with Crippen molar-refractivity contribution in [3.63, 3.8) is 0 Å². The number of carboxylic acid groups (broad SMARTS) is 1. The van der Waals surface area contributed by atoms with Gasteiger partial charge in [-0.1, -0.05) is 41.9 Å². The Bertz CT molecular complexity index is 927. The number of hydrogen-bond donors (Lipinski definition) is 1. The molecule has 0 unspecified atom stereocenters. The van der Waals surface area contributed by atoms with Gasteiger partial charge in [0.05, 0.1) is 18.2 Å². The monoisotopic (exact) mass is 399 g/mol. The second-order valence-electron chi connectivity index (χ2n) is 6.86. The van der Waals surface area contributed by atoms with Crippen molar-refractivity contribution >= 4 is 34.9 Å². The van der Waals surface area contributed by atoms with Crippen LogP contribution in [0.2, 0.25) is 5.02 Å². The van der Waals surface area contributed by atoms with Crippen LogP contribution in [0.1, 0.15) is 36.4 Å². The number of amides is 1. The van der Waals surface area contributed by atoms with Crippen molar-refractivity contribution in [1.29, 1.82) is 0 Å². The summed E-state index contributed by atoms with van der Waals surface area (Å²) in [5.41, 5.74) is 3.54. The molecule has 0 bridgehead atoms. The summed E-state index contributed by atoms with van der Waals surface area (Å²) in [4.78, 5) is 25.6. The molecule has 0 radical (unpaired) electrons. The van der Waals surface area contributed by atoms with Gasteiger partial charge in [-0.3, -0.25) is 9.59 Å². The van der Waals surface area contributed by atoms with Crippen LogP contribution < -0.4 is 4.90 Å². The average molecular weight is 400 g/mol. The van der Waals surface area contributed by atoms with E-state index in [9.17, 15) is 9.59 Å². The van der Waals surface area contributed by atoms with Crippen LogP contribution in [0.3, 0.4) is 0 Å². The molecule has 146 valence electrons. The van der Waals surface area contributed by atoms with E-state index < -0.39 is 5.97 Å². The number of hydrazone groups is 1.